The van der Waals surface area contributed by atoms with E-state index in [2.05, 4.69) is 30.8 Å². The molecule has 1 amide bonds. The van der Waals surface area contributed by atoms with Gasteiger partial charge in [-0.05, 0) is 18.2 Å². The van der Waals surface area contributed by atoms with Crippen molar-refractivity contribution in [2.45, 2.75) is 6.18 Å². The average Bonchev–Trinajstić information content (AvgIpc) is 3.01. The van der Waals surface area contributed by atoms with Crippen molar-refractivity contribution in [1.82, 2.24) is 20.2 Å². The van der Waals surface area contributed by atoms with Crippen LogP contribution in [0.2, 0.25) is 0 Å². The number of benzene rings is 1. The van der Waals surface area contributed by atoms with Crippen LogP contribution in [0.3, 0.4) is 0 Å². The summed E-state index contributed by atoms with van der Waals surface area (Å²) in [5, 5.41) is 12.0. The molecule has 0 aliphatic rings. The maximum absolute atomic E-state index is 12.7. The smallest absolute Gasteiger partial charge is 0.376 e. The Balaban J connectivity index is 1.68. The molecule has 0 spiro atoms. The summed E-state index contributed by atoms with van der Waals surface area (Å²) in [6.45, 7) is -0.259. The van der Waals surface area contributed by atoms with Crippen LogP contribution in [0.4, 0.5) is 30.6 Å². The molecule has 11 heteroatoms. The Hall–Kier alpha value is -3.37. The van der Waals surface area contributed by atoms with Crippen LogP contribution in [0.5, 0.6) is 0 Å². The molecule has 8 nitrogen and oxygen atoms in total. The van der Waals surface area contributed by atoms with Gasteiger partial charge in [-0.3, -0.25) is 9.89 Å². The summed E-state index contributed by atoms with van der Waals surface area (Å²) in [4.78, 5) is 19.8. The lowest BCUT2D eigenvalue weighted by atomic mass is 10.2. The second-order valence-corrected chi connectivity index (χ2v) is 5.04. The zero-order chi connectivity index (χ0) is 18.0. The van der Waals surface area contributed by atoms with Crippen LogP contribution >= 0.6 is 0 Å². The highest BCUT2D eigenvalue weighted by atomic mass is 19.4. The number of halogens is 3. The summed E-state index contributed by atoms with van der Waals surface area (Å²) in [5.74, 6) is -0.414. The zero-order valence-electron chi connectivity index (χ0n) is 12.6. The maximum Gasteiger partial charge on any atom is 0.416 e. The fraction of sp³-hybridized carbons (Fsp3) is 0.143. The predicted octanol–water partition coefficient (Wildman–Crippen LogP) is 2.00. The van der Waals surface area contributed by atoms with Gasteiger partial charge >= 0.3 is 6.18 Å². The standard InChI is InChI=1S/C14H12F3N7O/c15-14(16,17)7-2-1-3-8(4-7)19-6-10(25)21-11-9-5-20-24-12(9)23-13(18)22-11/h1-5,19H,6H2,(H4,18,20,21,22,23,24,25). The van der Waals surface area contributed by atoms with Gasteiger partial charge in [-0.15, -0.1) is 0 Å². The maximum atomic E-state index is 12.7. The summed E-state index contributed by atoms with van der Waals surface area (Å²) < 4.78 is 38.0. The van der Waals surface area contributed by atoms with Gasteiger partial charge in [0.2, 0.25) is 11.9 Å². The molecular weight excluding hydrogens is 339 g/mol. The molecule has 2 heterocycles. The lowest BCUT2D eigenvalue weighted by molar-refractivity contribution is -0.137. The number of alkyl halides is 3. The van der Waals surface area contributed by atoms with Gasteiger partial charge < -0.3 is 16.4 Å². The van der Waals surface area contributed by atoms with Gasteiger partial charge in [0, 0.05) is 5.69 Å². The number of anilines is 3. The van der Waals surface area contributed by atoms with Gasteiger partial charge in [-0.25, -0.2) is 0 Å². The molecule has 0 bridgehead atoms. The summed E-state index contributed by atoms with van der Waals surface area (Å²) in [5.41, 5.74) is 5.26. The van der Waals surface area contributed by atoms with Crippen LogP contribution in [0.1, 0.15) is 5.56 Å². The lowest BCUT2D eigenvalue weighted by Crippen LogP contribution is -2.23. The number of amides is 1. The number of aromatic amines is 1. The first-order valence-electron chi connectivity index (χ1n) is 7.00. The molecule has 0 atom stereocenters. The molecule has 0 radical (unpaired) electrons. The van der Waals surface area contributed by atoms with Crippen molar-refractivity contribution in [3.63, 3.8) is 0 Å². The topological polar surface area (TPSA) is 122 Å². The normalized spacial score (nSPS) is 11.5. The fourth-order valence-corrected chi connectivity index (χ4v) is 2.11. The molecule has 0 aliphatic carbocycles. The first-order valence-corrected chi connectivity index (χ1v) is 7.00. The highest BCUT2D eigenvalue weighted by molar-refractivity contribution is 6.00. The second kappa shape index (κ2) is 6.26. The highest BCUT2D eigenvalue weighted by Crippen LogP contribution is 2.30. The molecule has 0 saturated carbocycles. The van der Waals surface area contributed by atoms with E-state index in [1.807, 2.05) is 0 Å². The number of rotatable bonds is 4. The van der Waals surface area contributed by atoms with Gasteiger partial charge in [0.25, 0.3) is 0 Å². The Morgan fingerprint density at radius 1 is 1.28 bits per heavy atom. The Bertz CT molecular complexity index is 922. The number of hydrogen-bond donors (Lipinski definition) is 4. The van der Waals surface area contributed by atoms with Crippen LogP contribution in [0.15, 0.2) is 30.5 Å². The van der Waals surface area contributed by atoms with E-state index in [1.54, 1.807) is 0 Å². The van der Waals surface area contributed by atoms with Crippen molar-refractivity contribution in [2.24, 2.45) is 0 Å². The van der Waals surface area contributed by atoms with E-state index in [9.17, 15) is 18.0 Å². The zero-order valence-corrected chi connectivity index (χ0v) is 12.6. The van der Waals surface area contributed by atoms with Crippen LogP contribution in [-0.2, 0) is 11.0 Å². The number of nitrogens with zero attached hydrogens (tertiary/aromatic N) is 3. The third-order valence-electron chi connectivity index (χ3n) is 3.23. The molecule has 130 valence electrons. The van der Waals surface area contributed by atoms with Crippen molar-refractivity contribution in [3.05, 3.63) is 36.0 Å². The molecule has 0 aliphatic heterocycles. The number of aromatic nitrogens is 4. The molecular formula is C14H12F3N7O. The largest absolute Gasteiger partial charge is 0.416 e. The van der Waals surface area contributed by atoms with Crippen LogP contribution in [0, 0.1) is 0 Å². The minimum absolute atomic E-state index is 0.0575. The first kappa shape index (κ1) is 16.5. The molecule has 3 aromatic rings. The van der Waals surface area contributed by atoms with E-state index < -0.39 is 17.6 Å². The minimum Gasteiger partial charge on any atom is -0.376 e. The number of H-pyrrole nitrogens is 1. The Morgan fingerprint density at radius 3 is 2.84 bits per heavy atom. The van der Waals surface area contributed by atoms with E-state index >= 15 is 0 Å². The van der Waals surface area contributed by atoms with Gasteiger partial charge in [-0.2, -0.15) is 28.2 Å². The summed E-state index contributed by atoms with van der Waals surface area (Å²) >= 11 is 0. The van der Waals surface area contributed by atoms with Crippen molar-refractivity contribution in [1.29, 1.82) is 0 Å². The van der Waals surface area contributed by atoms with E-state index in [0.717, 1.165) is 12.1 Å². The monoisotopic (exact) mass is 351 g/mol. The average molecular weight is 351 g/mol. The Labute approximate surface area is 138 Å². The van der Waals surface area contributed by atoms with Crippen LogP contribution in [0.25, 0.3) is 11.0 Å². The summed E-state index contributed by atoms with van der Waals surface area (Å²) in [6, 6.07) is 4.55. The molecule has 1 aromatic carbocycles. The van der Waals surface area contributed by atoms with Gasteiger partial charge in [0.05, 0.1) is 23.7 Å². The van der Waals surface area contributed by atoms with Crippen LogP contribution < -0.4 is 16.4 Å². The van der Waals surface area contributed by atoms with Crippen LogP contribution in [-0.4, -0.2) is 32.6 Å². The number of nitrogens with two attached hydrogens (primary N) is 1. The number of fused-ring (bicyclic) bond motifs is 1. The third kappa shape index (κ3) is 3.76. The Kier molecular flexibility index (Phi) is 4.13. The van der Waals surface area contributed by atoms with Gasteiger partial charge in [0.15, 0.2) is 5.65 Å². The lowest BCUT2D eigenvalue weighted by Gasteiger charge is -2.11. The second-order valence-electron chi connectivity index (χ2n) is 5.04. The summed E-state index contributed by atoms with van der Waals surface area (Å²) in [7, 11) is 0. The van der Waals surface area contributed by atoms with Crippen molar-refractivity contribution in [2.75, 3.05) is 22.9 Å². The minimum atomic E-state index is -4.45. The number of carbonyl (C=O) groups is 1. The SMILES string of the molecule is Nc1nc(NC(=O)CNc2cccc(C(F)(F)F)c2)c2cn[nH]c2n1. The number of carbonyl (C=O) groups excluding carboxylic acids is 1. The molecule has 0 saturated heterocycles. The molecule has 2 aromatic heterocycles. The van der Waals surface area contributed by atoms with E-state index in [1.165, 1.54) is 18.3 Å². The van der Waals surface area contributed by atoms with Crippen molar-refractivity contribution >= 4 is 34.4 Å². The number of hydrogen-bond acceptors (Lipinski definition) is 6. The summed E-state index contributed by atoms with van der Waals surface area (Å²) in [6.07, 6.45) is -3.03. The van der Waals surface area contributed by atoms with Crippen molar-refractivity contribution in [3.8, 4) is 0 Å². The number of nitrogen functional groups attached to an aromatic ring is 1. The first-order chi connectivity index (χ1) is 11.8. The third-order valence-corrected chi connectivity index (χ3v) is 3.23. The fourth-order valence-electron chi connectivity index (χ4n) is 2.11. The molecule has 0 unspecified atom stereocenters. The van der Waals surface area contributed by atoms with Gasteiger partial charge in [0.1, 0.15) is 5.82 Å². The van der Waals surface area contributed by atoms with Crippen molar-refractivity contribution < 1.29 is 18.0 Å². The molecule has 0 fully saturated rings. The van der Waals surface area contributed by atoms with Gasteiger partial charge in [-0.1, -0.05) is 6.07 Å². The Morgan fingerprint density at radius 2 is 2.08 bits per heavy atom. The predicted molar refractivity (Wildman–Crippen MR) is 84.7 cm³/mol. The van der Waals surface area contributed by atoms with E-state index in [4.69, 9.17) is 5.73 Å². The quantitative estimate of drug-likeness (QED) is 0.570. The molecule has 3 rings (SSSR count). The number of nitrogens with one attached hydrogen (secondary N) is 3. The van der Waals surface area contributed by atoms with E-state index in [-0.39, 0.29) is 24.0 Å². The molecule has 25 heavy (non-hydrogen) atoms. The molecule has 5 N–H and O–H groups in total. The highest BCUT2D eigenvalue weighted by Gasteiger charge is 2.30. The van der Waals surface area contributed by atoms with E-state index in [0.29, 0.717) is 11.0 Å².